The van der Waals surface area contributed by atoms with Crippen LogP contribution in [-0.2, 0) is 18.3 Å². The summed E-state index contributed by atoms with van der Waals surface area (Å²) in [6, 6.07) is 0. The average Bonchev–Trinajstić information content (AvgIpc) is 2.71. The van der Waals surface area contributed by atoms with E-state index in [1.165, 1.54) is 6.20 Å². The van der Waals surface area contributed by atoms with Crippen LogP contribution in [-0.4, -0.2) is 51.6 Å². The maximum atomic E-state index is 11.8. The second-order valence-corrected chi connectivity index (χ2v) is 5.18. The van der Waals surface area contributed by atoms with E-state index in [-0.39, 0.29) is 18.1 Å². The predicted molar refractivity (Wildman–Crippen MR) is 71.8 cm³/mol. The number of aliphatic hydroxyl groups is 1. The molecule has 1 rings (SSSR count). The molecular formula is C13H23N3O3. The molecule has 0 fully saturated rings. The molecule has 1 aromatic heterocycles. The first-order chi connectivity index (χ1) is 8.83. The van der Waals surface area contributed by atoms with Crippen molar-refractivity contribution >= 4 is 5.97 Å². The van der Waals surface area contributed by atoms with Gasteiger partial charge in [0, 0.05) is 19.1 Å². The molecule has 0 radical (unpaired) electrons. The van der Waals surface area contributed by atoms with Gasteiger partial charge in [-0.25, -0.2) is 4.79 Å². The molecule has 0 atom stereocenters. The van der Waals surface area contributed by atoms with E-state index < -0.39 is 0 Å². The lowest BCUT2D eigenvalue weighted by atomic mass is 10.0. The van der Waals surface area contributed by atoms with Crippen LogP contribution in [0.3, 0.4) is 0 Å². The number of ether oxygens (including phenoxy) is 1. The average molecular weight is 269 g/mol. The number of carbonyl (C=O) groups is 1. The van der Waals surface area contributed by atoms with Crippen LogP contribution in [0.25, 0.3) is 0 Å². The smallest absolute Gasteiger partial charge is 0.341 e. The fourth-order valence-electron chi connectivity index (χ4n) is 1.59. The topological polar surface area (TPSA) is 67.6 Å². The third-order valence-electron chi connectivity index (χ3n) is 3.36. The van der Waals surface area contributed by atoms with Crippen LogP contribution >= 0.6 is 0 Å². The van der Waals surface area contributed by atoms with Crippen molar-refractivity contribution in [3.63, 3.8) is 0 Å². The zero-order chi connectivity index (χ0) is 14.6. The van der Waals surface area contributed by atoms with Gasteiger partial charge in [0.2, 0.25) is 0 Å². The molecule has 0 aromatic carbocycles. The minimum atomic E-state index is -0.365. The molecule has 0 aliphatic rings. The molecule has 0 saturated carbocycles. The van der Waals surface area contributed by atoms with Crippen molar-refractivity contribution in [3.05, 3.63) is 17.5 Å². The lowest BCUT2D eigenvalue weighted by molar-refractivity contribution is 0.0515. The van der Waals surface area contributed by atoms with Crippen molar-refractivity contribution in [2.24, 2.45) is 7.05 Å². The molecule has 1 aromatic rings. The number of carbonyl (C=O) groups excluding carboxylic acids is 1. The van der Waals surface area contributed by atoms with Crippen LogP contribution < -0.4 is 0 Å². The highest BCUT2D eigenvalue weighted by Crippen LogP contribution is 2.18. The van der Waals surface area contributed by atoms with Crippen molar-refractivity contribution in [1.82, 2.24) is 14.7 Å². The Bertz CT molecular complexity index is 440. The standard InChI is InChI=1S/C13H23N3O3/c1-6-19-12(18)10-7-14-16(5)11(10)8-15(4)13(2,3)9-17/h7,17H,6,8-9H2,1-5H3. The van der Waals surface area contributed by atoms with Crippen molar-refractivity contribution in [2.75, 3.05) is 20.3 Å². The fraction of sp³-hybridized carbons (Fsp3) is 0.692. The summed E-state index contributed by atoms with van der Waals surface area (Å²) in [6.07, 6.45) is 1.52. The molecule has 1 N–H and O–H groups in total. The second kappa shape index (κ2) is 6.16. The summed E-state index contributed by atoms with van der Waals surface area (Å²) in [5.74, 6) is -0.360. The van der Waals surface area contributed by atoms with E-state index in [0.29, 0.717) is 18.7 Å². The van der Waals surface area contributed by atoms with Gasteiger partial charge in [0.15, 0.2) is 0 Å². The first-order valence-electron chi connectivity index (χ1n) is 6.33. The number of rotatable bonds is 6. The van der Waals surface area contributed by atoms with Gasteiger partial charge in [-0.15, -0.1) is 0 Å². The van der Waals surface area contributed by atoms with E-state index in [9.17, 15) is 9.90 Å². The molecule has 6 nitrogen and oxygen atoms in total. The van der Waals surface area contributed by atoms with Gasteiger partial charge in [-0.05, 0) is 27.8 Å². The highest BCUT2D eigenvalue weighted by molar-refractivity contribution is 5.90. The summed E-state index contributed by atoms with van der Waals surface area (Å²) in [7, 11) is 3.69. The minimum absolute atomic E-state index is 0.0378. The Kier molecular flexibility index (Phi) is 5.08. The van der Waals surface area contributed by atoms with Crippen LogP contribution in [0.5, 0.6) is 0 Å². The van der Waals surface area contributed by atoms with Crippen molar-refractivity contribution < 1.29 is 14.6 Å². The number of esters is 1. The summed E-state index contributed by atoms with van der Waals surface area (Å²) in [5, 5.41) is 13.5. The maximum Gasteiger partial charge on any atom is 0.341 e. The summed E-state index contributed by atoms with van der Waals surface area (Å²) >= 11 is 0. The third kappa shape index (κ3) is 3.54. The van der Waals surface area contributed by atoms with Gasteiger partial charge < -0.3 is 9.84 Å². The number of aryl methyl sites for hydroxylation is 1. The van der Waals surface area contributed by atoms with Gasteiger partial charge in [0.1, 0.15) is 5.56 Å². The Morgan fingerprint density at radius 3 is 2.74 bits per heavy atom. The van der Waals surface area contributed by atoms with E-state index in [0.717, 1.165) is 5.69 Å². The first-order valence-corrected chi connectivity index (χ1v) is 6.33. The first kappa shape index (κ1) is 15.7. The summed E-state index contributed by atoms with van der Waals surface area (Å²) in [6.45, 7) is 6.54. The van der Waals surface area contributed by atoms with Crippen LogP contribution in [0.1, 0.15) is 36.8 Å². The minimum Gasteiger partial charge on any atom is -0.462 e. The molecule has 6 heteroatoms. The normalized spacial score (nSPS) is 11.9. The van der Waals surface area contributed by atoms with Gasteiger partial charge in [-0.1, -0.05) is 0 Å². The molecule has 0 spiro atoms. The highest BCUT2D eigenvalue weighted by Gasteiger charge is 2.26. The second-order valence-electron chi connectivity index (χ2n) is 5.18. The molecule has 0 bridgehead atoms. The molecular weight excluding hydrogens is 246 g/mol. The van der Waals surface area contributed by atoms with E-state index >= 15 is 0 Å². The number of hydrogen-bond acceptors (Lipinski definition) is 5. The van der Waals surface area contributed by atoms with E-state index in [1.54, 1.807) is 18.7 Å². The zero-order valence-electron chi connectivity index (χ0n) is 12.3. The number of aliphatic hydroxyl groups excluding tert-OH is 1. The molecule has 1 heterocycles. The summed E-state index contributed by atoms with van der Waals surface area (Å²) in [5.41, 5.74) is 0.892. The van der Waals surface area contributed by atoms with Gasteiger partial charge in [0.25, 0.3) is 0 Å². The summed E-state index contributed by atoms with van der Waals surface area (Å²) in [4.78, 5) is 13.8. The summed E-state index contributed by atoms with van der Waals surface area (Å²) < 4.78 is 6.68. The van der Waals surface area contributed by atoms with Gasteiger partial charge in [-0.2, -0.15) is 5.10 Å². The largest absolute Gasteiger partial charge is 0.462 e. The van der Waals surface area contributed by atoms with Crippen LogP contribution in [0.4, 0.5) is 0 Å². The molecule has 108 valence electrons. The van der Waals surface area contributed by atoms with E-state index in [4.69, 9.17) is 4.74 Å². The Morgan fingerprint density at radius 2 is 2.21 bits per heavy atom. The van der Waals surface area contributed by atoms with Crippen LogP contribution in [0.15, 0.2) is 6.20 Å². The van der Waals surface area contributed by atoms with Crippen LogP contribution in [0, 0.1) is 0 Å². The van der Waals surface area contributed by atoms with Gasteiger partial charge in [0.05, 0.1) is 25.1 Å². The lowest BCUT2D eigenvalue weighted by Crippen LogP contribution is -2.44. The molecule has 0 amide bonds. The van der Waals surface area contributed by atoms with Gasteiger partial charge >= 0.3 is 5.97 Å². The van der Waals surface area contributed by atoms with Gasteiger partial charge in [-0.3, -0.25) is 9.58 Å². The quantitative estimate of drug-likeness (QED) is 0.774. The molecule has 19 heavy (non-hydrogen) atoms. The van der Waals surface area contributed by atoms with E-state index in [1.807, 2.05) is 25.8 Å². The number of nitrogens with zero attached hydrogens (tertiary/aromatic N) is 3. The zero-order valence-corrected chi connectivity index (χ0v) is 12.3. The highest BCUT2D eigenvalue weighted by atomic mass is 16.5. The third-order valence-corrected chi connectivity index (χ3v) is 3.36. The van der Waals surface area contributed by atoms with Crippen LogP contribution in [0.2, 0.25) is 0 Å². The monoisotopic (exact) mass is 269 g/mol. The van der Waals surface area contributed by atoms with E-state index in [2.05, 4.69) is 5.10 Å². The Morgan fingerprint density at radius 1 is 1.58 bits per heavy atom. The lowest BCUT2D eigenvalue weighted by Gasteiger charge is -2.33. The predicted octanol–water partition coefficient (Wildman–Crippen LogP) is 0.800. The Balaban J connectivity index is 2.95. The number of hydrogen-bond donors (Lipinski definition) is 1. The Labute approximate surface area is 114 Å². The number of aromatic nitrogens is 2. The van der Waals surface area contributed by atoms with Crippen molar-refractivity contribution in [3.8, 4) is 0 Å². The number of likely N-dealkylation sites (N-methyl/N-ethyl adjacent to an activating group) is 1. The SMILES string of the molecule is CCOC(=O)c1cnn(C)c1CN(C)C(C)(C)CO. The Hall–Kier alpha value is -1.40. The van der Waals surface area contributed by atoms with Crippen molar-refractivity contribution in [2.45, 2.75) is 32.9 Å². The molecule has 0 saturated heterocycles. The van der Waals surface area contributed by atoms with Crippen molar-refractivity contribution in [1.29, 1.82) is 0 Å². The molecule has 0 aliphatic carbocycles. The molecule has 0 aliphatic heterocycles. The maximum absolute atomic E-state index is 11.8. The fourth-order valence-corrected chi connectivity index (χ4v) is 1.59. The molecule has 0 unspecified atom stereocenters.